The molecule has 0 atom stereocenters. The molecule has 1 amide bonds. The molecule has 0 bridgehead atoms. The molecule has 0 spiro atoms. The summed E-state index contributed by atoms with van der Waals surface area (Å²) < 4.78 is 4.18. The van der Waals surface area contributed by atoms with Crippen LogP contribution in [0.2, 0.25) is 0 Å². The molecule has 7 nitrogen and oxygen atoms in total. The van der Waals surface area contributed by atoms with Gasteiger partial charge in [-0.15, -0.1) is 0 Å². The van der Waals surface area contributed by atoms with Gasteiger partial charge in [0, 0.05) is 12.7 Å². The monoisotopic (exact) mass is 236 g/mol. The lowest BCUT2D eigenvalue weighted by Gasteiger charge is -1.89. The topological polar surface area (TPSA) is 136 Å². The number of aliphatic hydroxyl groups is 1. The Morgan fingerprint density at radius 3 is 1.94 bits per heavy atom. The summed E-state index contributed by atoms with van der Waals surface area (Å²) >= 11 is 0. The van der Waals surface area contributed by atoms with Crippen LogP contribution in [0.5, 0.6) is 0 Å². The predicted molar refractivity (Wildman–Crippen MR) is 59.8 cm³/mol. The number of hydrogen-bond donors (Lipinski definition) is 4. The average Bonchev–Trinajstić information content (AvgIpc) is 2.20. The van der Waals surface area contributed by atoms with E-state index in [0.29, 0.717) is 13.2 Å². The smallest absolute Gasteiger partial charge is 0.404 e. The summed E-state index contributed by atoms with van der Waals surface area (Å²) in [5, 5.41) is 15.6. The molecular weight excluding hydrogens is 216 g/mol. The van der Waals surface area contributed by atoms with Crippen molar-refractivity contribution in [3.05, 3.63) is 12.7 Å². The normalized spacial score (nSPS) is 7.44. The number of hydrogen-bond acceptors (Lipinski definition) is 5. The van der Waals surface area contributed by atoms with Gasteiger partial charge in [-0.2, -0.15) is 0 Å². The number of carbonyl (C=O) groups excluding carboxylic acids is 1. The van der Waals surface area contributed by atoms with Crippen LogP contribution >= 0.6 is 0 Å². The molecule has 0 aromatic carbocycles. The van der Waals surface area contributed by atoms with Gasteiger partial charge >= 0.3 is 12.1 Å². The first-order chi connectivity index (χ1) is 7.45. The third-order valence-electron chi connectivity index (χ3n) is 0.823. The quantitative estimate of drug-likeness (QED) is 0.494. The highest BCUT2D eigenvalue weighted by Crippen LogP contribution is 1.66. The van der Waals surface area contributed by atoms with Crippen LogP contribution in [0.3, 0.4) is 0 Å². The standard InChI is InChI=1S/C3H7NO2.C3H9NO.C3H4O2/c1-2-6-3(4)5;4-2-1-3-5;1-2-3(4)5/h2H2,1H3,(H2,4,5);5H,1-4H2;2H,1H2,(H,4,5). The molecule has 96 valence electrons. The van der Waals surface area contributed by atoms with Crippen LogP contribution in [0.25, 0.3) is 0 Å². The second-order valence-electron chi connectivity index (χ2n) is 2.16. The second-order valence-corrected chi connectivity index (χ2v) is 2.16. The zero-order valence-electron chi connectivity index (χ0n) is 9.39. The average molecular weight is 236 g/mol. The fourth-order valence-electron chi connectivity index (χ4n) is 0.234. The lowest BCUT2D eigenvalue weighted by molar-refractivity contribution is -0.131. The third kappa shape index (κ3) is 55.3. The molecule has 0 aliphatic rings. The molecule has 7 heteroatoms. The number of nitrogens with two attached hydrogens (primary N) is 2. The third-order valence-corrected chi connectivity index (χ3v) is 0.823. The lowest BCUT2D eigenvalue weighted by Crippen LogP contribution is -2.11. The van der Waals surface area contributed by atoms with Crippen molar-refractivity contribution in [3.63, 3.8) is 0 Å². The summed E-state index contributed by atoms with van der Waals surface area (Å²) in [6, 6.07) is 0. The van der Waals surface area contributed by atoms with E-state index in [1.165, 1.54) is 0 Å². The van der Waals surface area contributed by atoms with Gasteiger partial charge in [-0.1, -0.05) is 6.58 Å². The molecule has 0 aromatic heterocycles. The first-order valence-corrected chi connectivity index (χ1v) is 4.54. The van der Waals surface area contributed by atoms with Crippen LogP contribution in [0.15, 0.2) is 12.7 Å². The first kappa shape index (κ1) is 19.9. The molecule has 0 radical (unpaired) electrons. The van der Waals surface area contributed by atoms with E-state index < -0.39 is 12.1 Å². The minimum absolute atomic E-state index is 0.219. The lowest BCUT2D eigenvalue weighted by atomic mass is 10.5. The maximum absolute atomic E-state index is 9.60. The molecule has 0 aromatic rings. The van der Waals surface area contributed by atoms with E-state index in [9.17, 15) is 9.59 Å². The molecule has 0 unspecified atom stereocenters. The highest BCUT2D eigenvalue weighted by atomic mass is 16.5. The van der Waals surface area contributed by atoms with E-state index in [2.05, 4.69) is 17.0 Å². The van der Waals surface area contributed by atoms with Gasteiger partial charge in [0.05, 0.1) is 6.61 Å². The van der Waals surface area contributed by atoms with Crippen molar-refractivity contribution in [3.8, 4) is 0 Å². The van der Waals surface area contributed by atoms with E-state index in [0.717, 1.165) is 12.5 Å². The highest BCUT2D eigenvalue weighted by molar-refractivity contribution is 5.78. The molecule has 0 rings (SSSR count). The van der Waals surface area contributed by atoms with E-state index in [4.69, 9.17) is 15.9 Å². The van der Waals surface area contributed by atoms with Gasteiger partial charge < -0.3 is 26.4 Å². The van der Waals surface area contributed by atoms with Crippen LogP contribution in [0, 0.1) is 0 Å². The van der Waals surface area contributed by atoms with E-state index in [1.54, 1.807) is 6.92 Å². The Balaban J connectivity index is -0.000000160. The number of aliphatic carboxylic acids is 1. The fraction of sp³-hybridized carbons (Fsp3) is 0.556. The SMILES string of the molecule is C=CC(=O)O.CCOC(N)=O.NCCCO. The molecule has 0 saturated heterocycles. The van der Waals surface area contributed by atoms with Gasteiger partial charge in [-0.05, 0) is 19.9 Å². The number of carboxylic acids is 1. The van der Waals surface area contributed by atoms with Crippen molar-refractivity contribution >= 4 is 12.1 Å². The van der Waals surface area contributed by atoms with Crippen LogP contribution in [-0.4, -0.2) is 42.0 Å². The van der Waals surface area contributed by atoms with Gasteiger partial charge in [0.2, 0.25) is 0 Å². The van der Waals surface area contributed by atoms with E-state index in [-0.39, 0.29) is 6.61 Å². The summed E-state index contributed by atoms with van der Waals surface area (Å²) in [6.45, 7) is 5.83. The zero-order chi connectivity index (χ0) is 13.4. The van der Waals surface area contributed by atoms with Crippen LogP contribution in [0.4, 0.5) is 4.79 Å². The Morgan fingerprint density at radius 1 is 1.50 bits per heavy atom. The van der Waals surface area contributed by atoms with Crippen LogP contribution in [-0.2, 0) is 9.53 Å². The molecule has 0 heterocycles. The van der Waals surface area contributed by atoms with Crippen molar-refractivity contribution in [2.45, 2.75) is 13.3 Å². The van der Waals surface area contributed by atoms with Crippen LogP contribution in [0.1, 0.15) is 13.3 Å². The van der Waals surface area contributed by atoms with Crippen molar-refractivity contribution in [1.82, 2.24) is 0 Å². The number of amides is 1. The van der Waals surface area contributed by atoms with Gasteiger partial charge in [0.15, 0.2) is 0 Å². The van der Waals surface area contributed by atoms with Crippen molar-refractivity contribution in [2.75, 3.05) is 19.8 Å². The molecule has 6 N–H and O–H groups in total. The fourth-order valence-corrected chi connectivity index (χ4v) is 0.234. The second kappa shape index (κ2) is 19.0. The van der Waals surface area contributed by atoms with E-state index in [1.807, 2.05) is 0 Å². The Bertz CT molecular complexity index is 183. The Kier molecular flexibility index (Phi) is 23.7. The molecular formula is C9H20N2O5. The van der Waals surface area contributed by atoms with Gasteiger partial charge in [0.1, 0.15) is 0 Å². The Labute approximate surface area is 94.7 Å². The summed E-state index contributed by atoms with van der Waals surface area (Å²) in [7, 11) is 0. The number of rotatable bonds is 4. The minimum atomic E-state index is -0.981. The molecule has 0 fully saturated rings. The van der Waals surface area contributed by atoms with E-state index >= 15 is 0 Å². The number of carboxylic acid groups (broad SMARTS) is 1. The molecule has 0 aliphatic carbocycles. The van der Waals surface area contributed by atoms with Gasteiger partial charge in [-0.3, -0.25) is 0 Å². The summed E-state index contributed by atoms with van der Waals surface area (Å²) in [5.74, 6) is -0.981. The minimum Gasteiger partial charge on any atom is -0.478 e. The zero-order valence-corrected chi connectivity index (χ0v) is 9.39. The van der Waals surface area contributed by atoms with Crippen LogP contribution < -0.4 is 11.5 Å². The summed E-state index contributed by atoms with van der Waals surface area (Å²) in [6.07, 6.45) is 0.845. The number of aliphatic hydroxyl groups excluding tert-OH is 1. The highest BCUT2D eigenvalue weighted by Gasteiger charge is 1.82. The Morgan fingerprint density at radius 2 is 1.94 bits per heavy atom. The van der Waals surface area contributed by atoms with Crippen molar-refractivity contribution in [1.29, 1.82) is 0 Å². The van der Waals surface area contributed by atoms with Crippen molar-refractivity contribution < 1.29 is 24.5 Å². The molecule has 0 aliphatic heterocycles. The molecule has 16 heavy (non-hydrogen) atoms. The summed E-state index contributed by atoms with van der Waals surface area (Å²) in [4.78, 5) is 18.8. The maximum Gasteiger partial charge on any atom is 0.404 e. The first-order valence-electron chi connectivity index (χ1n) is 4.54. The number of primary amides is 1. The maximum atomic E-state index is 9.60. The predicted octanol–water partition coefficient (Wildman–Crippen LogP) is -0.314. The van der Waals surface area contributed by atoms with Gasteiger partial charge in [-0.25, -0.2) is 9.59 Å². The van der Waals surface area contributed by atoms with Crippen molar-refractivity contribution in [2.24, 2.45) is 11.5 Å². The molecule has 0 saturated carbocycles. The largest absolute Gasteiger partial charge is 0.478 e. The van der Waals surface area contributed by atoms with Gasteiger partial charge in [0.25, 0.3) is 0 Å². The summed E-state index contributed by atoms with van der Waals surface area (Å²) in [5.41, 5.74) is 9.52. The Hall–Kier alpha value is -1.60. The number of ether oxygens (including phenoxy) is 1. The number of carbonyl (C=O) groups is 2.